The molecule has 0 saturated heterocycles. The van der Waals surface area contributed by atoms with Gasteiger partial charge in [0.25, 0.3) is 10.3 Å². The second-order valence-electron chi connectivity index (χ2n) is 10.5. The third-order valence-corrected chi connectivity index (χ3v) is 9.31. The molecule has 6 heterocycles. The molecule has 0 radical (unpaired) electrons. The minimum atomic E-state index is 0.0282. The number of pyridine rings is 2. The van der Waals surface area contributed by atoms with E-state index in [1.54, 1.807) is 43.3 Å². The maximum Gasteiger partial charge on any atom is 0.293 e. The number of rotatable bonds is 6. The lowest BCUT2D eigenvalue weighted by Crippen LogP contribution is -2.36. The molecule has 0 aliphatic heterocycles. The van der Waals surface area contributed by atoms with Crippen LogP contribution in [0.25, 0.3) is 22.3 Å². The molecule has 0 aliphatic rings. The molecule has 6 aromatic rings. The van der Waals surface area contributed by atoms with Crippen LogP contribution >= 0.6 is 50.7 Å². The van der Waals surface area contributed by atoms with Gasteiger partial charge in [0.05, 0.1) is 49.1 Å². The molecule has 0 bridgehead atoms. The van der Waals surface area contributed by atoms with E-state index in [0.29, 0.717) is 81.5 Å². The normalized spacial score (nSPS) is 11.2. The highest BCUT2D eigenvalue weighted by molar-refractivity contribution is 9.10. The highest BCUT2D eigenvalue weighted by atomic mass is 79.9. The summed E-state index contributed by atoms with van der Waals surface area (Å²) in [5.41, 5.74) is 16.7. The number of nitrogens with two attached hydrogens (primary N) is 2. The first kappa shape index (κ1) is 34.9. The van der Waals surface area contributed by atoms with Gasteiger partial charge < -0.3 is 40.5 Å². The van der Waals surface area contributed by atoms with Crippen molar-refractivity contribution in [3.63, 3.8) is 0 Å². The SMILES string of the molecule is COc1c(C)c(Cl)[n+]([O-])c(Cn2cnc3c(Br)nc(N)nc32)c1C.COc1c(C)c(Cl)[n+]([O-])c(Cn2cnc3c(Cl)nc(N)nc32)c1C. The van der Waals surface area contributed by atoms with Crippen LogP contribution in [0.2, 0.25) is 15.5 Å². The van der Waals surface area contributed by atoms with E-state index in [0.717, 1.165) is 0 Å². The van der Waals surface area contributed by atoms with Gasteiger partial charge in [0.1, 0.15) is 40.2 Å². The van der Waals surface area contributed by atoms with Crippen LogP contribution in [-0.2, 0) is 13.1 Å². The molecule has 4 N–H and O–H groups in total. The van der Waals surface area contributed by atoms with Crippen LogP contribution in [-0.4, -0.2) is 53.3 Å². The number of fused-ring (bicyclic) bond motifs is 2. The summed E-state index contributed by atoms with van der Waals surface area (Å²) in [4.78, 5) is 24.6. The van der Waals surface area contributed by atoms with E-state index in [9.17, 15) is 10.4 Å². The maximum atomic E-state index is 12.5. The molecule has 0 aromatic carbocycles. The lowest BCUT2D eigenvalue weighted by atomic mass is 10.1. The van der Waals surface area contributed by atoms with Gasteiger partial charge in [0, 0.05) is 0 Å². The van der Waals surface area contributed by atoms with Crippen molar-refractivity contribution in [1.29, 1.82) is 0 Å². The topological polar surface area (TPSA) is 212 Å². The van der Waals surface area contributed by atoms with E-state index in [4.69, 9.17) is 55.7 Å². The van der Waals surface area contributed by atoms with Crippen molar-refractivity contribution < 1.29 is 18.9 Å². The number of aromatic nitrogens is 10. The Hall–Kier alpha value is -4.45. The quantitative estimate of drug-likeness (QED) is 0.106. The van der Waals surface area contributed by atoms with Crippen molar-refractivity contribution in [2.45, 2.75) is 40.8 Å². The van der Waals surface area contributed by atoms with Crippen molar-refractivity contribution in [3.8, 4) is 11.5 Å². The van der Waals surface area contributed by atoms with Crippen molar-refractivity contribution in [2.24, 2.45) is 0 Å². The first-order chi connectivity index (χ1) is 22.7. The summed E-state index contributed by atoms with van der Waals surface area (Å²) in [5.74, 6) is 1.29. The van der Waals surface area contributed by atoms with Crippen molar-refractivity contribution in [1.82, 2.24) is 39.0 Å². The fourth-order valence-corrected chi connectivity index (χ4v) is 6.30. The lowest BCUT2D eigenvalue weighted by Gasteiger charge is -2.15. The summed E-state index contributed by atoms with van der Waals surface area (Å²) in [5, 5.41) is 25.3. The molecule has 0 saturated carbocycles. The molecule has 0 spiro atoms. The predicted molar refractivity (Wildman–Crippen MR) is 183 cm³/mol. The van der Waals surface area contributed by atoms with Gasteiger partial charge in [0.2, 0.25) is 23.3 Å². The summed E-state index contributed by atoms with van der Waals surface area (Å²) >= 11 is 21.6. The third-order valence-electron chi connectivity index (χ3n) is 7.62. The molecule has 0 atom stereocenters. The van der Waals surface area contributed by atoms with Gasteiger partial charge in [-0.3, -0.25) is 0 Å². The summed E-state index contributed by atoms with van der Waals surface area (Å²) in [7, 11) is 3.08. The molecular weight excluding hydrogens is 755 g/mol. The number of nitrogen functional groups attached to an aromatic ring is 2. The van der Waals surface area contributed by atoms with Crippen LogP contribution in [0.1, 0.15) is 33.6 Å². The third kappa shape index (κ3) is 6.13. The first-order valence-corrected chi connectivity index (χ1v) is 15.8. The number of imidazole rings is 2. The predicted octanol–water partition coefficient (Wildman–Crippen LogP) is 4.15. The average molecular weight is 783 g/mol. The van der Waals surface area contributed by atoms with Crippen LogP contribution in [0.5, 0.6) is 11.5 Å². The van der Waals surface area contributed by atoms with Gasteiger partial charge in [0.15, 0.2) is 16.4 Å². The van der Waals surface area contributed by atoms with E-state index in [-0.39, 0.29) is 40.4 Å². The Morgan fingerprint density at radius 3 is 1.58 bits per heavy atom. The second kappa shape index (κ2) is 13.6. The van der Waals surface area contributed by atoms with Crippen LogP contribution in [0.15, 0.2) is 17.3 Å². The minimum absolute atomic E-state index is 0.0282. The highest BCUT2D eigenvalue weighted by Crippen LogP contribution is 2.31. The van der Waals surface area contributed by atoms with E-state index in [1.807, 2.05) is 6.92 Å². The van der Waals surface area contributed by atoms with Gasteiger partial charge in [-0.25, -0.2) is 15.0 Å². The average Bonchev–Trinajstić information content (AvgIpc) is 3.64. The van der Waals surface area contributed by atoms with Crippen molar-refractivity contribution in [2.75, 3.05) is 25.7 Å². The first-order valence-electron chi connectivity index (χ1n) is 13.9. The zero-order chi connectivity index (χ0) is 35.2. The molecule has 6 aromatic heterocycles. The van der Waals surface area contributed by atoms with E-state index in [1.165, 1.54) is 13.4 Å². The van der Waals surface area contributed by atoms with Gasteiger partial charge in [-0.05, 0) is 66.8 Å². The van der Waals surface area contributed by atoms with Crippen molar-refractivity contribution in [3.05, 3.63) is 76.8 Å². The minimum Gasteiger partial charge on any atom is -0.617 e. The van der Waals surface area contributed by atoms with Crippen LogP contribution < -0.4 is 30.4 Å². The molecular formula is C28H28BrCl3N12O4. The molecule has 16 nitrogen and oxygen atoms in total. The fourth-order valence-electron chi connectivity index (χ4n) is 5.24. The summed E-state index contributed by atoms with van der Waals surface area (Å²) in [6.07, 6.45) is 3.09. The second-order valence-corrected chi connectivity index (χ2v) is 12.3. The molecule has 20 heteroatoms. The summed E-state index contributed by atoms with van der Waals surface area (Å²) < 4.78 is 16.0. The smallest absolute Gasteiger partial charge is 0.293 e. The fraction of sp³-hybridized carbons (Fsp3) is 0.286. The summed E-state index contributed by atoms with van der Waals surface area (Å²) in [6, 6.07) is 0. The summed E-state index contributed by atoms with van der Waals surface area (Å²) in [6.45, 7) is 7.46. The molecule has 0 fully saturated rings. The van der Waals surface area contributed by atoms with Gasteiger partial charge >= 0.3 is 0 Å². The Bertz CT molecular complexity index is 2070. The molecule has 6 rings (SSSR count). The molecule has 0 aliphatic carbocycles. The number of hydrogen-bond acceptors (Lipinski definition) is 12. The standard InChI is InChI=1S/C14H14BrClN6O2.C14H14Cl2N6O2/c2*1-6-8(22(23)12(16)7(2)10(6)24-3)4-21-5-18-9-11(15)19-14(17)20-13(9)21/h2*5H,4H2,1-3H3,(H2,17,19,20). The largest absolute Gasteiger partial charge is 0.617 e. The Morgan fingerprint density at radius 2 is 1.12 bits per heavy atom. The zero-order valence-corrected chi connectivity index (χ0v) is 30.2. The Labute approximate surface area is 296 Å². The van der Waals surface area contributed by atoms with Gasteiger partial charge in [-0.2, -0.15) is 24.4 Å². The number of halogens is 4. The maximum absolute atomic E-state index is 12.5. The van der Waals surface area contributed by atoms with E-state index in [2.05, 4.69) is 45.8 Å². The van der Waals surface area contributed by atoms with Crippen LogP contribution in [0.4, 0.5) is 11.9 Å². The number of methoxy groups -OCH3 is 2. The number of hydrogen-bond donors (Lipinski definition) is 2. The highest BCUT2D eigenvalue weighted by Gasteiger charge is 2.26. The van der Waals surface area contributed by atoms with Crippen LogP contribution in [0, 0.1) is 38.1 Å². The number of anilines is 2. The molecule has 48 heavy (non-hydrogen) atoms. The monoisotopic (exact) mass is 780 g/mol. The van der Waals surface area contributed by atoms with Crippen molar-refractivity contribution >= 4 is 85.0 Å². The Kier molecular flexibility index (Phi) is 9.87. The zero-order valence-electron chi connectivity index (χ0n) is 26.3. The van der Waals surface area contributed by atoms with Gasteiger partial charge in [-0.15, -0.1) is 0 Å². The molecule has 252 valence electrons. The van der Waals surface area contributed by atoms with Crippen LogP contribution in [0.3, 0.4) is 0 Å². The number of ether oxygens (including phenoxy) is 2. The van der Waals surface area contributed by atoms with E-state index >= 15 is 0 Å². The number of nitrogens with zero attached hydrogens (tertiary/aromatic N) is 10. The Balaban J connectivity index is 0.000000188. The van der Waals surface area contributed by atoms with Gasteiger partial charge in [-0.1, -0.05) is 11.6 Å². The molecule has 0 amide bonds. The Morgan fingerprint density at radius 1 is 0.708 bits per heavy atom. The molecule has 0 unspecified atom stereocenters. The van der Waals surface area contributed by atoms with E-state index < -0.39 is 0 Å². The lowest BCUT2D eigenvalue weighted by molar-refractivity contribution is -0.612.